The average molecular weight is 451 g/mol. The van der Waals surface area contributed by atoms with Gasteiger partial charge in [-0.25, -0.2) is 13.1 Å². The van der Waals surface area contributed by atoms with Crippen molar-refractivity contribution in [3.63, 3.8) is 0 Å². The molecule has 0 saturated carbocycles. The predicted octanol–water partition coefficient (Wildman–Crippen LogP) is 2.10. The quantitative estimate of drug-likeness (QED) is 0.653. The Morgan fingerprint density at radius 1 is 1.19 bits per heavy atom. The number of nitrogens with one attached hydrogen (secondary N) is 1. The molecule has 2 rings (SSSR count). The van der Waals surface area contributed by atoms with E-state index >= 15 is 0 Å². The second-order valence-electron chi connectivity index (χ2n) is 6.45. The minimum Gasteiger partial charge on any atom is -0.493 e. The summed E-state index contributed by atoms with van der Waals surface area (Å²) in [4.78, 5) is 2.40. The molecule has 1 aliphatic rings. The van der Waals surface area contributed by atoms with Crippen molar-refractivity contribution in [2.24, 2.45) is 5.92 Å². The fraction of sp³-hybridized carbons (Fsp3) is 0.647. The van der Waals surface area contributed by atoms with Crippen LogP contribution in [0.1, 0.15) is 13.8 Å². The maximum absolute atomic E-state index is 12.8. The van der Waals surface area contributed by atoms with Gasteiger partial charge in [0.2, 0.25) is 10.0 Å². The number of benzene rings is 1. The smallest absolute Gasteiger partial charge is 0.241 e. The lowest BCUT2D eigenvalue weighted by molar-refractivity contribution is 0.00776. The van der Waals surface area contributed by atoms with Crippen molar-refractivity contribution in [1.82, 2.24) is 9.62 Å². The van der Waals surface area contributed by atoms with Crippen LogP contribution >= 0.6 is 15.9 Å². The topological polar surface area (TPSA) is 77.1 Å². The molecule has 1 aliphatic heterocycles. The average Bonchev–Trinajstić information content (AvgIpc) is 2.61. The first-order chi connectivity index (χ1) is 12.3. The van der Waals surface area contributed by atoms with E-state index in [4.69, 9.17) is 14.2 Å². The molecule has 1 unspecified atom stereocenters. The van der Waals surface area contributed by atoms with Crippen LogP contribution in [0.2, 0.25) is 0 Å². The summed E-state index contributed by atoms with van der Waals surface area (Å²) in [6.07, 6.45) is 0. The highest BCUT2D eigenvalue weighted by atomic mass is 79.9. The first kappa shape index (κ1) is 21.4. The Labute approximate surface area is 164 Å². The van der Waals surface area contributed by atoms with Gasteiger partial charge in [0, 0.05) is 36.2 Å². The summed E-state index contributed by atoms with van der Waals surface area (Å²) in [5.74, 6) is 1.14. The van der Waals surface area contributed by atoms with E-state index in [9.17, 15) is 8.42 Å². The fourth-order valence-corrected chi connectivity index (χ4v) is 5.10. The molecule has 1 atom stereocenters. The van der Waals surface area contributed by atoms with Gasteiger partial charge in [-0.05, 0) is 27.9 Å². The number of hydrogen-bond donors (Lipinski definition) is 1. The van der Waals surface area contributed by atoms with Gasteiger partial charge in [-0.3, -0.25) is 4.90 Å². The molecule has 26 heavy (non-hydrogen) atoms. The van der Waals surface area contributed by atoms with Gasteiger partial charge in [-0.1, -0.05) is 13.8 Å². The molecule has 1 saturated heterocycles. The minimum atomic E-state index is -3.71. The lowest BCUT2D eigenvalue weighted by Gasteiger charge is -2.36. The lowest BCUT2D eigenvalue weighted by atomic mass is 10.0. The van der Waals surface area contributed by atoms with Crippen LogP contribution in [-0.4, -0.2) is 66.4 Å². The Kier molecular flexibility index (Phi) is 7.72. The van der Waals surface area contributed by atoms with E-state index in [1.165, 1.54) is 20.3 Å². The van der Waals surface area contributed by atoms with E-state index in [1.54, 1.807) is 6.07 Å². The molecular formula is C17H27BrN2O5S. The number of nitrogens with zero attached hydrogens (tertiary/aromatic N) is 1. The summed E-state index contributed by atoms with van der Waals surface area (Å²) in [7, 11) is -0.725. The largest absolute Gasteiger partial charge is 0.493 e. The van der Waals surface area contributed by atoms with Gasteiger partial charge < -0.3 is 14.2 Å². The first-order valence-corrected chi connectivity index (χ1v) is 10.8. The van der Waals surface area contributed by atoms with E-state index in [1.807, 2.05) is 0 Å². The summed E-state index contributed by atoms with van der Waals surface area (Å²) in [5.41, 5.74) is 0. The summed E-state index contributed by atoms with van der Waals surface area (Å²) < 4.78 is 44.7. The molecule has 1 aromatic carbocycles. The van der Waals surface area contributed by atoms with Crippen molar-refractivity contribution < 1.29 is 22.6 Å². The number of hydrogen-bond acceptors (Lipinski definition) is 6. The summed E-state index contributed by atoms with van der Waals surface area (Å²) >= 11 is 3.32. The van der Waals surface area contributed by atoms with Gasteiger partial charge >= 0.3 is 0 Å². The molecular weight excluding hydrogens is 424 g/mol. The number of rotatable bonds is 8. The molecule has 1 fully saturated rings. The third kappa shape index (κ3) is 5.10. The van der Waals surface area contributed by atoms with E-state index in [2.05, 4.69) is 39.4 Å². The summed E-state index contributed by atoms with van der Waals surface area (Å²) in [6, 6.07) is 3.16. The van der Waals surface area contributed by atoms with Gasteiger partial charge in [-0.2, -0.15) is 0 Å². The molecule has 1 aromatic rings. The molecule has 9 heteroatoms. The highest BCUT2D eigenvalue weighted by Crippen LogP contribution is 2.35. The number of morpholine rings is 1. The Morgan fingerprint density at radius 3 is 2.31 bits per heavy atom. The maximum atomic E-state index is 12.8. The number of halogens is 1. The van der Waals surface area contributed by atoms with E-state index in [-0.39, 0.29) is 10.9 Å². The Balaban J connectivity index is 2.19. The van der Waals surface area contributed by atoms with Crippen LogP contribution in [-0.2, 0) is 14.8 Å². The van der Waals surface area contributed by atoms with Crippen LogP contribution in [0.25, 0.3) is 0 Å². The first-order valence-electron chi connectivity index (χ1n) is 8.53. The Bertz CT molecular complexity index is 705. The zero-order valence-electron chi connectivity index (χ0n) is 15.6. The van der Waals surface area contributed by atoms with Crippen LogP contribution in [0.15, 0.2) is 21.5 Å². The molecule has 148 valence electrons. The Hall–Kier alpha value is -0.870. The van der Waals surface area contributed by atoms with Crippen molar-refractivity contribution >= 4 is 26.0 Å². The predicted molar refractivity (Wildman–Crippen MR) is 103 cm³/mol. The van der Waals surface area contributed by atoms with Crippen LogP contribution in [0.3, 0.4) is 0 Å². The van der Waals surface area contributed by atoms with Gasteiger partial charge in [-0.15, -0.1) is 0 Å². The second-order valence-corrected chi connectivity index (χ2v) is 9.04. The number of methoxy groups -OCH3 is 2. The SMILES string of the molecule is COc1cc(Br)c(S(=O)(=O)NCC(C(C)C)N2CCOCC2)cc1OC. The van der Waals surface area contributed by atoms with Crippen molar-refractivity contribution in [3.8, 4) is 11.5 Å². The standard InChI is InChI=1S/C17H27BrN2O5S/c1-12(2)14(20-5-7-25-8-6-20)11-19-26(21,22)17-10-16(24-4)15(23-3)9-13(17)18/h9-10,12,14,19H,5-8,11H2,1-4H3. The lowest BCUT2D eigenvalue weighted by Crippen LogP contribution is -2.51. The van der Waals surface area contributed by atoms with E-state index in [0.29, 0.717) is 41.6 Å². The number of sulfonamides is 1. The Morgan fingerprint density at radius 2 is 1.77 bits per heavy atom. The van der Waals surface area contributed by atoms with E-state index in [0.717, 1.165) is 13.1 Å². The fourth-order valence-electron chi connectivity index (χ4n) is 3.01. The molecule has 0 aliphatic carbocycles. The summed E-state index contributed by atoms with van der Waals surface area (Å²) in [6.45, 7) is 7.51. The van der Waals surface area contributed by atoms with Crippen LogP contribution in [0.4, 0.5) is 0 Å². The third-order valence-electron chi connectivity index (χ3n) is 4.49. The van der Waals surface area contributed by atoms with Crippen molar-refractivity contribution in [3.05, 3.63) is 16.6 Å². The van der Waals surface area contributed by atoms with Crippen LogP contribution < -0.4 is 14.2 Å². The normalized spacial score (nSPS) is 17.3. The zero-order valence-corrected chi connectivity index (χ0v) is 18.0. The van der Waals surface area contributed by atoms with Gasteiger partial charge in [0.1, 0.15) is 4.90 Å². The molecule has 1 heterocycles. The van der Waals surface area contributed by atoms with Gasteiger partial charge in [0.15, 0.2) is 11.5 Å². The highest BCUT2D eigenvalue weighted by Gasteiger charge is 2.27. The molecule has 0 spiro atoms. The molecule has 7 nitrogen and oxygen atoms in total. The van der Waals surface area contributed by atoms with Gasteiger partial charge in [0.25, 0.3) is 0 Å². The van der Waals surface area contributed by atoms with Crippen molar-refractivity contribution in [2.45, 2.75) is 24.8 Å². The second kappa shape index (κ2) is 9.36. The summed E-state index contributed by atoms with van der Waals surface area (Å²) in [5, 5.41) is 0. The van der Waals surface area contributed by atoms with Crippen LogP contribution in [0.5, 0.6) is 11.5 Å². The van der Waals surface area contributed by atoms with Crippen molar-refractivity contribution in [1.29, 1.82) is 0 Å². The van der Waals surface area contributed by atoms with Gasteiger partial charge in [0.05, 0.1) is 27.4 Å². The minimum absolute atomic E-state index is 0.104. The third-order valence-corrected chi connectivity index (χ3v) is 6.88. The molecule has 0 bridgehead atoms. The maximum Gasteiger partial charge on any atom is 0.241 e. The highest BCUT2D eigenvalue weighted by molar-refractivity contribution is 9.10. The van der Waals surface area contributed by atoms with Crippen LogP contribution in [0, 0.1) is 5.92 Å². The van der Waals surface area contributed by atoms with Crippen molar-refractivity contribution in [2.75, 3.05) is 47.1 Å². The number of ether oxygens (including phenoxy) is 3. The molecule has 0 radical (unpaired) electrons. The molecule has 1 N–H and O–H groups in total. The molecule has 0 amide bonds. The zero-order chi connectivity index (χ0) is 19.3. The molecule has 0 aromatic heterocycles. The monoisotopic (exact) mass is 450 g/mol. The van der Waals surface area contributed by atoms with E-state index < -0.39 is 10.0 Å².